The molecule has 1 aromatic rings. The molecule has 0 aromatic carbocycles. The molecule has 0 radical (unpaired) electrons. The van der Waals surface area contributed by atoms with Crippen molar-refractivity contribution in [2.45, 2.75) is 40.2 Å². The summed E-state index contributed by atoms with van der Waals surface area (Å²) in [6, 6.07) is 4.30. The van der Waals surface area contributed by atoms with Crippen molar-refractivity contribution >= 4 is 35.8 Å². The molecule has 1 aromatic heterocycles. The van der Waals surface area contributed by atoms with Gasteiger partial charge in [-0.3, -0.25) is 0 Å². The van der Waals surface area contributed by atoms with Gasteiger partial charge in [0.1, 0.15) is 5.82 Å². The van der Waals surface area contributed by atoms with Gasteiger partial charge in [-0.2, -0.15) is 0 Å². The van der Waals surface area contributed by atoms with Crippen molar-refractivity contribution in [2.24, 2.45) is 4.99 Å². The molecule has 7 heteroatoms. The number of aromatic nitrogens is 1. The number of nitrogens with zero attached hydrogens (tertiary/aromatic N) is 5. The second-order valence-corrected chi connectivity index (χ2v) is 6.89. The molecule has 1 fully saturated rings. The number of piperazine rings is 1. The Hall–Kier alpha value is -1.09. The van der Waals surface area contributed by atoms with E-state index in [0.717, 1.165) is 63.2 Å². The molecule has 1 N–H and O–H groups in total. The van der Waals surface area contributed by atoms with Gasteiger partial charge in [-0.1, -0.05) is 26.3 Å². The minimum Gasteiger partial charge on any atom is -0.357 e. The van der Waals surface area contributed by atoms with Gasteiger partial charge in [-0.15, -0.1) is 24.0 Å². The van der Waals surface area contributed by atoms with E-state index in [1.54, 1.807) is 0 Å². The number of hydrogen-bond donors (Lipinski definition) is 1. The third-order valence-corrected chi connectivity index (χ3v) is 4.91. The first kappa shape index (κ1) is 23.9. The SMILES string of the molecule is CCCCN(C)C(=NCc1ccc(N2CCN(CC)CC2)nc1)NCC.I. The standard InChI is InChI=1S/C20H36N6.HI/c1-5-8-11-24(4)20(21-6-2)23-17-18-9-10-19(22-16-18)26-14-12-25(7-3)13-15-26;/h9-10,16H,5-8,11-15,17H2,1-4H3,(H,21,23);1H. The normalized spacial score (nSPS) is 15.4. The summed E-state index contributed by atoms with van der Waals surface area (Å²) in [6.07, 6.45) is 4.35. The Morgan fingerprint density at radius 2 is 1.93 bits per heavy atom. The van der Waals surface area contributed by atoms with Crippen LogP contribution in [-0.2, 0) is 6.54 Å². The number of aliphatic imine (C=N–C) groups is 1. The van der Waals surface area contributed by atoms with Gasteiger partial charge in [0.2, 0.25) is 0 Å². The van der Waals surface area contributed by atoms with E-state index in [2.05, 4.69) is 65.0 Å². The average molecular weight is 488 g/mol. The first-order valence-corrected chi connectivity index (χ1v) is 10.1. The van der Waals surface area contributed by atoms with Crippen molar-refractivity contribution in [3.05, 3.63) is 23.9 Å². The fourth-order valence-corrected chi connectivity index (χ4v) is 3.13. The van der Waals surface area contributed by atoms with E-state index in [1.807, 2.05) is 6.20 Å². The zero-order chi connectivity index (χ0) is 18.8. The van der Waals surface area contributed by atoms with E-state index in [1.165, 1.54) is 12.8 Å². The lowest BCUT2D eigenvalue weighted by molar-refractivity contribution is 0.270. The summed E-state index contributed by atoms with van der Waals surface area (Å²) in [5.41, 5.74) is 1.15. The van der Waals surface area contributed by atoms with Crippen molar-refractivity contribution in [1.82, 2.24) is 20.1 Å². The lowest BCUT2D eigenvalue weighted by Crippen LogP contribution is -2.46. The van der Waals surface area contributed by atoms with Gasteiger partial charge >= 0.3 is 0 Å². The van der Waals surface area contributed by atoms with Crippen molar-refractivity contribution in [1.29, 1.82) is 0 Å². The van der Waals surface area contributed by atoms with Crippen LogP contribution >= 0.6 is 24.0 Å². The second kappa shape index (κ2) is 13.1. The molecule has 154 valence electrons. The molecule has 0 amide bonds. The highest BCUT2D eigenvalue weighted by Crippen LogP contribution is 2.14. The molecule has 2 rings (SSSR count). The van der Waals surface area contributed by atoms with Gasteiger partial charge in [-0.25, -0.2) is 9.98 Å². The highest BCUT2D eigenvalue weighted by atomic mass is 127. The summed E-state index contributed by atoms with van der Waals surface area (Å²) in [5, 5.41) is 3.38. The van der Waals surface area contributed by atoms with Crippen LogP contribution in [0.15, 0.2) is 23.3 Å². The van der Waals surface area contributed by atoms with E-state index in [0.29, 0.717) is 6.54 Å². The highest BCUT2D eigenvalue weighted by Gasteiger charge is 2.16. The van der Waals surface area contributed by atoms with Crippen LogP contribution in [0.5, 0.6) is 0 Å². The van der Waals surface area contributed by atoms with Crippen LogP contribution in [0.2, 0.25) is 0 Å². The van der Waals surface area contributed by atoms with Crippen molar-refractivity contribution in [3.63, 3.8) is 0 Å². The third-order valence-electron chi connectivity index (χ3n) is 4.91. The topological polar surface area (TPSA) is 47.0 Å². The molecule has 0 aliphatic carbocycles. The molecular weight excluding hydrogens is 451 g/mol. The zero-order valence-electron chi connectivity index (χ0n) is 17.4. The number of unbranched alkanes of at least 4 members (excludes halogenated alkanes) is 1. The highest BCUT2D eigenvalue weighted by molar-refractivity contribution is 14.0. The number of rotatable bonds is 8. The summed E-state index contributed by atoms with van der Waals surface area (Å²) in [4.78, 5) is 16.5. The minimum atomic E-state index is 0. The summed E-state index contributed by atoms with van der Waals surface area (Å²) >= 11 is 0. The molecule has 1 aliphatic heterocycles. The molecule has 0 spiro atoms. The molecule has 1 saturated heterocycles. The monoisotopic (exact) mass is 488 g/mol. The van der Waals surface area contributed by atoms with Crippen LogP contribution < -0.4 is 10.2 Å². The number of guanidine groups is 1. The Morgan fingerprint density at radius 1 is 1.19 bits per heavy atom. The van der Waals surface area contributed by atoms with Gasteiger partial charge in [-0.05, 0) is 31.5 Å². The van der Waals surface area contributed by atoms with Crippen LogP contribution in [0.25, 0.3) is 0 Å². The fraction of sp³-hybridized carbons (Fsp3) is 0.700. The maximum absolute atomic E-state index is 4.77. The van der Waals surface area contributed by atoms with Crippen molar-refractivity contribution in [3.8, 4) is 0 Å². The minimum absolute atomic E-state index is 0. The van der Waals surface area contributed by atoms with Crippen molar-refractivity contribution in [2.75, 3.05) is 57.8 Å². The van der Waals surface area contributed by atoms with Gasteiger partial charge in [0.25, 0.3) is 0 Å². The average Bonchev–Trinajstić information content (AvgIpc) is 2.69. The van der Waals surface area contributed by atoms with E-state index >= 15 is 0 Å². The Morgan fingerprint density at radius 3 is 2.48 bits per heavy atom. The van der Waals surface area contributed by atoms with Gasteiger partial charge in [0, 0.05) is 52.5 Å². The summed E-state index contributed by atoms with van der Waals surface area (Å²) in [7, 11) is 2.11. The molecule has 2 heterocycles. The number of likely N-dealkylation sites (N-methyl/N-ethyl adjacent to an activating group) is 1. The number of hydrogen-bond acceptors (Lipinski definition) is 4. The maximum atomic E-state index is 4.77. The molecule has 0 unspecified atom stereocenters. The number of anilines is 1. The first-order chi connectivity index (χ1) is 12.7. The largest absolute Gasteiger partial charge is 0.357 e. The molecule has 27 heavy (non-hydrogen) atoms. The molecule has 1 aliphatic rings. The van der Waals surface area contributed by atoms with Crippen LogP contribution in [0.3, 0.4) is 0 Å². The van der Waals surface area contributed by atoms with Gasteiger partial charge < -0.3 is 20.0 Å². The summed E-state index contributed by atoms with van der Waals surface area (Å²) in [5.74, 6) is 2.06. The molecule has 6 nitrogen and oxygen atoms in total. The third kappa shape index (κ3) is 7.81. The number of nitrogens with one attached hydrogen (secondary N) is 1. The summed E-state index contributed by atoms with van der Waals surface area (Å²) < 4.78 is 0. The van der Waals surface area contributed by atoms with E-state index in [-0.39, 0.29) is 24.0 Å². The van der Waals surface area contributed by atoms with Crippen LogP contribution in [0.1, 0.15) is 39.2 Å². The zero-order valence-corrected chi connectivity index (χ0v) is 19.8. The fourth-order valence-electron chi connectivity index (χ4n) is 3.13. The molecule has 0 saturated carbocycles. The number of pyridine rings is 1. The predicted molar refractivity (Wildman–Crippen MR) is 126 cm³/mol. The van der Waals surface area contributed by atoms with Gasteiger partial charge in [0.15, 0.2) is 5.96 Å². The second-order valence-electron chi connectivity index (χ2n) is 6.89. The van der Waals surface area contributed by atoms with Crippen LogP contribution in [0.4, 0.5) is 5.82 Å². The maximum Gasteiger partial charge on any atom is 0.193 e. The molecule has 0 atom stereocenters. The van der Waals surface area contributed by atoms with Crippen molar-refractivity contribution < 1.29 is 0 Å². The predicted octanol–water partition coefficient (Wildman–Crippen LogP) is 3.04. The Balaban J connectivity index is 0.00000364. The lowest BCUT2D eigenvalue weighted by Gasteiger charge is -2.34. The van der Waals surface area contributed by atoms with E-state index < -0.39 is 0 Å². The van der Waals surface area contributed by atoms with Gasteiger partial charge in [0.05, 0.1) is 6.54 Å². The van der Waals surface area contributed by atoms with Crippen LogP contribution in [0, 0.1) is 0 Å². The van der Waals surface area contributed by atoms with E-state index in [4.69, 9.17) is 4.99 Å². The van der Waals surface area contributed by atoms with E-state index in [9.17, 15) is 0 Å². The summed E-state index contributed by atoms with van der Waals surface area (Å²) in [6.45, 7) is 14.6. The molecule has 0 bridgehead atoms. The Labute approximate surface area is 182 Å². The number of halogens is 1. The Bertz CT molecular complexity index is 540. The quantitative estimate of drug-likeness (QED) is 0.346. The lowest BCUT2D eigenvalue weighted by atomic mass is 10.2. The molecular formula is C20H37IN6. The first-order valence-electron chi connectivity index (χ1n) is 10.1. The Kier molecular flexibility index (Phi) is 11.7. The smallest absolute Gasteiger partial charge is 0.193 e. The van der Waals surface area contributed by atoms with Crippen LogP contribution in [-0.4, -0.2) is 73.6 Å².